The Kier molecular flexibility index (Phi) is 11.0. The van der Waals surface area contributed by atoms with Crippen LogP contribution in [0.1, 0.15) is 6.42 Å². The van der Waals surface area contributed by atoms with Crippen LogP contribution in [0.4, 0.5) is 61.5 Å². The number of alkyl halides is 14. The van der Waals surface area contributed by atoms with Crippen LogP contribution in [0.15, 0.2) is 0 Å². The van der Waals surface area contributed by atoms with E-state index in [0.29, 0.717) is 11.8 Å². The monoisotopic (exact) mass is 600 g/mol. The first-order chi connectivity index (χ1) is 16.1. The highest BCUT2D eigenvalue weighted by molar-refractivity contribution is 8.00. The van der Waals surface area contributed by atoms with Gasteiger partial charge in [0.2, 0.25) is 0 Å². The maximum atomic E-state index is 13.4. The fourth-order valence-electron chi connectivity index (χ4n) is 1.91. The van der Waals surface area contributed by atoms with E-state index in [1.165, 1.54) is 0 Å². The van der Waals surface area contributed by atoms with Crippen LogP contribution in [0.5, 0.6) is 0 Å². The Bertz CT molecular complexity index is 792. The van der Waals surface area contributed by atoms with Gasteiger partial charge in [-0.15, -0.1) is 11.8 Å². The van der Waals surface area contributed by atoms with E-state index in [1.54, 1.807) is 21.1 Å². The first kappa shape index (κ1) is 35.3. The van der Waals surface area contributed by atoms with Crippen molar-refractivity contribution in [1.29, 1.82) is 0 Å². The van der Waals surface area contributed by atoms with Gasteiger partial charge in [-0.3, -0.25) is 9.59 Å². The van der Waals surface area contributed by atoms with E-state index in [2.05, 4.69) is 9.47 Å². The molecule has 220 valence electrons. The minimum Gasteiger partial charge on any atom is -0.459 e. The van der Waals surface area contributed by atoms with Gasteiger partial charge in [-0.25, -0.2) is 0 Å². The molecule has 0 rings (SSSR count). The Morgan fingerprint density at radius 3 is 1.43 bits per heavy atom. The van der Waals surface area contributed by atoms with Gasteiger partial charge in [0.15, 0.2) is 13.2 Å². The molecule has 0 fully saturated rings. The van der Waals surface area contributed by atoms with Crippen molar-refractivity contribution in [2.75, 3.05) is 46.7 Å². The lowest BCUT2D eigenvalue weighted by Gasteiger charge is -2.28. The number of carbonyl (C=O) groups is 2. The molecular weight excluding hydrogens is 580 g/mol. The van der Waals surface area contributed by atoms with Crippen LogP contribution in [0.2, 0.25) is 0 Å². The van der Waals surface area contributed by atoms with Crippen LogP contribution in [-0.2, 0) is 19.1 Å². The zero-order valence-electron chi connectivity index (χ0n) is 18.9. The van der Waals surface area contributed by atoms with Crippen LogP contribution in [-0.4, -0.2) is 104 Å². The molecule has 20 heteroatoms. The van der Waals surface area contributed by atoms with E-state index >= 15 is 0 Å². The summed E-state index contributed by atoms with van der Waals surface area (Å²) in [6.07, 6.45) is -15.0. The number of rotatable bonds is 13. The van der Waals surface area contributed by atoms with Crippen LogP contribution in [0, 0.1) is 0 Å². The molecule has 0 amide bonds. The summed E-state index contributed by atoms with van der Waals surface area (Å²) in [6.45, 7) is -5.54. The molecule has 37 heavy (non-hydrogen) atoms. The van der Waals surface area contributed by atoms with Crippen LogP contribution in [0.25, 0.3) is 0 Å². The molecule has 1 unspecified atom stereocenters. The quantitative estimate of drug-likeness (QED) is 0.171. The molecular formula is C17H20F14NO4S+. The molecule has 0 aromatic rings. The summed E-state index contributed by atoms with van der Waals surface area (Å²) >= 11 is 0.330. The number of esters is 2. The number of hydrogen-bond donors (Lipinski definition) is 0. The predicted octanol–water partition coefficient (Wildman–Crippen LogP) is 4.94. The van der Waals surface area contributed by atoms with Crippen molar-refractivity contribution in [3.63, 3.8) is 0 Å². The molecule has 0 aromatic carbocycles. The second kappa shape index (κ2) is 11.6. The van der Waals surface area contributed by atoms with Crippen molar-refractivity contribution in [3.8, 4) is 0 Å². The predicted molar refractivity (Wildman–Crippen MR) is 97.6 cm³/mol. The number of thioether (sulfide) groups is 1. The summed E-state index contributed by atoms with van der Waals surface area (Å²) in [7, 11) is 4.76. The molecule has 0 aliphatic heterocycles. The highest BCUT2D eigenvalue weighted by Gasteiger charge is 2.74. The van der Waals surface area contributed by atoms with E-state index in [0.717, 1.165) is 0 Å². The summed E-state index contributed by atoms with van der Waals surface area (Å²) in [5.41, 5.74) is 0. The van der Waals surface area contributed by atoms with Gasteiger partial charge < -0.3 is 14.0 Å². The topological polar surface area (TPSA) is 52.6 Å². The molecule has 0 bridgehead atoms. The molecule has 0 aliphatic carbocycles. The second-order valence-corrected chi connectivity index (χ2v) is 9.71. The average Bonchev–Trinajstić information content (AvgIpc) is 2.67. The normalized spacial score (nSPS) is 15.4. The molecule has 0 spiro atoms. The molecule has 5 nitrogen and oxygen atoms in total. The largest absolute Gasteiger partial charge is 0.460 e. The Balaban J connectivity index is 5.50. The van der Waals surface area contributed by atoms with E-state index in [1.807, 2.05) is 0 Å². The molecule has 1 atom stereocenters. The number of halogens is 14. The van der Waals surface area contributed by atoms with Gasteiger partial charge in [0.1, 0.15) is 5.25 Å². The average molecular weight is 600 g/mol. The number of carbonyl (C=O) groups excluding carboxylic acids is 2. The molecule has 0 heterocycles. The van der Waals surface area contributed by atoms with Crippen LogP contribution >= 0.6 is 11.8 Å². The smallest absolute Gasteiger partial charge is 0.459 e. The van der Waals surface area contributed by atoms with Crippen LogP contribution < -0.4 is 0 Å². The SMILES string of the molecule is C[N+](C)(C)CCSC(CC(=O)OCC(F)(F)C(F)(F)C(F)(F)F)C(=O)OCC(F)(F)C(F)(F)C(F)(F)F. The third-order valence-electron chi connectivity index (χ3n) is 4.14. The van der Waals surface area contributed by atoms with Gasteiger partial charge in [-0.05, 0) is 0 Å². The number of hydrogen-bond acceptors (Lipinski definition) is 5. The number of ether oxygens (including phenoxy) is 2. The van der Waals surface area contributed by atoms with Crippen molar-refractivity contribution in [2.24, 2.45) is 0 Å². The third kappa shape index (κ3) is 9.51. The molecule has 0 N–H and O–H groups in total. The van der Waals surface area contributed by atoms with E-state index in [-0.39, 0.29) is 16.8 Å². The fourth-order valence-corrected chi connectivity index (χ4v) is 3.31. The van der Waals surface area contributed by atoms with Crippen molar-refractivity contribution < 1.29 is 85.0 Å². The minimum atomic E-state index is -6.75. The fraction of sp³-hybridized carbons (Fsp3) is 0.882. The van der Waals surface area contributed by atoms with Crippen LogP contribution in [0.3, 0.4) is 0 Å². The van der Waals surface area contributed by atoms with Gasteiger partial charge in [-0.1, -0.05) is 0 Å². The first-order valence-electron chi connectivity index (χ1n) is 9.48. The zero-order valence-corrected chi connectivity index (χ0v) is 19.7. The Morgan fingerprint density at radius 1 is 0.703 bits per heavy atom. The van der Waals surface area contributed by atoms with Crippen molar-refractivity contribution in [2.45, 2.75) is 47.7 Å². The summed E-state index contributed by atoms with van der Waals surface area (Å²) in [6, 6.07) is 0. The highest BCUT2D eigenvalue weighted by atomic mass is 32.2. The van der Waals surface area contributed by atoms with Crippen molar-refractivity contribution in [1.82, 2.24) is 0 Å². The first-order valence-corrected chi connectivity index (χ1v) is 10.5. The zero-order chi connectivity index (χ0) is 29.9. The minimum absolute atomic E-state index is 0.127. The summed E-state index contributed by atoms with van der Waals surface area (Å²) < 4.78 is 185. The van der Waals surface area contributed by atoms with Gasteiger partial charge in [0, 0.05) is 5.75 Å². The molecule has 0 saturated carbocycles. The van der Waals surface area contributed by atoms with Crippen molar-refractivity contribution in [3.05, 3.63) is 0 Å². The van der Waals surface area contributed by atoms with E-state index in [9.17, 15) is 71.1 Å². The maximum Gasteiger partial charge on any atom is 0.460 e. The number of quaternary nitrogens is 1. The summed E-state index contributed by atoms with van der Waals surface area (Å²) in [4.78, 5) is 23.7. The molecule has 0 aromatic heterocycles. The lowest BCUT2D eigenvalue weighted by Crippen LogP contribution is -2.54. The second-order valence-electron chi connectivity index (χ2n) is 8.40. The van der Waals surface area contributed by atoms with E-state index in [4.69, 9.17) is 0 Å². The van der Waals surface area contributed by atoms with E-state index < -0.39 is 72.9 Å². The Morgan fingerprint density at radius 2 is 1.08 bits per heavy atom. The standard InChI is InChI=1S/C17H20F14NO4S/c1-32(2,3)4-5-37-9(11(34)36-8-13(20,21)15(24,25)17(29,30)31)6-10(33)35-7-12(18,19)14(22,23)16(26,27)28/h9H,4-8H2,1-3H3/q+1. The molecule has 0 saturated heterocycles. The van der Waals surface area contributed by atoms with Gasteiger partial charge in [0.05, 0.1) is 34.1 Å². The summed E-state index contributed by atoms with van der Waals surface area (Å²) in [5, 5.41) is -2.09. The lowest BCUT2D eigenvalue weighted by atomic mass is 10.1. The van der Waals surface area contributed by atoms with Crippen molar-refractivity contribution >= 4 is 23.7 Å². The summed E-state index contributed by atoms with van der Waals surface area (Å²) in [5.74, 6) is -29.5. The highest BCUT2D eigenvalue weighted by Crippen LogP contribution is 2.47. The third-order valence-corrected chi connectivity index (χ3v) is 5.32. The van der Waals surface area contributed by atoms with Gasteiger partial charge in [0.25, 0.3) is 0 Å². The Hall–Kier alpha value is -1.73. The van der Waals surface area contributed by atoms with Gasteiger partial charge in [-0.2, -0.15) is 61.5 Å². The number of nitrogens with zero attached hydrogens (tertiary/aromatic N) is 1. The maximum absolute atomic E-state index is 13.4. The Labute approximate surface area is 204 Å². The molecule has 0 radical (unpaired) electrons. The van der Waals surface area contributed by atoms with Gasteiger partial charge >= 0.3 is 48.0 Å². The molecule has 0 aliphatic rings. The lowest BCUT2D eigenvalue weighted by molar-refractivity contribution is -0.867.